The standard InChI is InChI=1S/C44H49N7O8/c1-48-35-10-11-45-21-34(35)31-5-2-26(16-37(31)48)27-3-9-39(46-20-27)59-30-22-50(23-30)41(54)28-18-44(19-28)24-49(25-44)12-13-57-14-15-58-29-4-6-32-33(17-29)43(56)51(42(32)55)36-7-8-38(52)47-40(36)53/h2-3,5,9-11,16,20-21,28-30,32-33,36H,4,6-8,12-15,17-19,22-25H2,1H3,(H,47,52,53). The predicted octanol–water partition coefficient (Wildman–Crippen LogP) is 3.08. The zero-order valence-electron chi connectivity index (χ0n) is 33.2. The second-order valence-electron chi connectivity index (χ2n) is 17.5. The van der Waals surface area contributed by atoms with E-state index in [1.807, 2.05) is 41.7 Å². The average Bonchev–Trinajstić information content (AvgIpc) is 3.62. The summed E-state index contributed by atoms with van der Waals surface area (Å²) in [5.74, 6) is -1.58. The molecule has 15 nitrogen and oxygen atoms in total. The van der Waals surface area contributed by atoms with Crippen molar-refractivity contribution in [2.24, 2.45) is 30.2 Å². The van der Waals surface area contributed by atoms with Gasteiger partial charge in [0.1, 0.15) is 12.1 Å². The monoisotopic (exact) mass is 803 g/mol. The van der Waals surface area contributed by atoms with Gasteiger partial charge < -0.3 is 23.7 Å². The van der Waals surface area contributed by atoms with Crippen LogP contribution in [0, 0.1) is 23.2 Å². The Morgan fingerprint density at radius 2 is 1.68 bits per heavy atom. The van der Waals surface area contributed by atoms with Crippen molar-refractivity contribution in [3.63, 3.8) is 0 Å². The highest BCUT2D eigenvalue weighted by Gasteiger charge is 2.56. The van der Waals surface area contributed by atoms with Gasteiger partial charge in [0.25, 0.3) is 0 Å². The third-order valence-electron chi connectivity index (χ3n) is 13.7. The molecule has 4 saturated heterocycles. The molecule has 10 rings (SSSR count). The SMILES string of the molecule is Cn1c2ccncc2c2ccc(-c3ccc(OC4CN(C(=O)C5CC6(C5)CN(CCOCCOC5CCC7C(=O)N(C8CCC(=O)NC8=O)C(=O)C7C5)C6)C4)nc3)cc21. The molecule has 3 aromatic heterocycles. The summed E-state index contributed by atoms with van der Waals surface area (Å²) in [6.45, 7) is 5.44. The number of hydrogen-bond donors (Lipinski definition) is 1. The molecule has 4 unspecified atom stereocenters. The van der Waals surface area contributed by atoms with Crippen molar-refractivity contribution in [3.8, 4) is 17.0 Å². The van der Waals surface area contributed by atoms with Gasteiger partial charge in [-0.1, -0.05) is 12.1 Å². The highest BCUT2D eigenvalue weighted by atomic mass is 16.5. The molecule has 59 heavy (non-hydrogen) atoms. The molecule has 0 bridgehead atoms. The van der Waals surface area contributed by atoms with Crippen LogP contribution in [0.5, 0.6) is 5.88 Å². The summed E-state index contributed by atoms with van der Waals surface area (Å²) in [6, 6.07) is 11.5. The van der Waals surface area contributed by atoms with Gasteiger partial charge in [0.05, 0.1) is 56.4 Å². The van der Waals surface area contributed by atoms with Gasteiger partial charge in [-0.25, -0.2) is 4.98 Å². The van der Waals surface area contributed by atoms with Crippen molar-refractivity contribution in [1.29, 1.82) is 0 Å². The minimum absolute atomic E-state index is 0.0493. The first-order valence-corrected chi connectivity index (χ1v) is 21.0. The van der Waals surface area contributed by atoms with Crippen LogP contribution >= 0.6 is 0 Å². The lowest BCUT2D eigenvalue weighted by Gasteiger charge is -2.59. The number of hydrogen-bond acceptors (Lipinski definition) is 11. The Morgan fingerprint density at radius 3 is 2.47 bits per heavy atom. The van der Waals surface area contributed by atoms with Crippen molar-refractivity contribution >= 4 is 51.3 Å². The number of piperidine rings is 1. The van der Waals surface area contributed by atoms with Crippen LogP contribution in [0.3, 0.4) is 0 Å². The van der Waals surface area contributed by atoms with Crippen molar-refractivity contribution < 1.29 is 38.2 Å². The molecule has 6 aliphatic rings. The number of nitrogens with zero attached hydrogens (tertiary/aromatic N) is 6. The van der Waals surface area contributed by atoms with Gasteiger partial charge in [-0.15, -0.1) is 0 Å². The highest BCUT2D eigenvalue weighted by molar-refractivity contribution is 6.11. The van der Waals surface area contributed by atoms with E-state index < -0.39 is 23.8 Å². The molecule has 5 amide bonds. The van der Waals surface area contributed by atoms with Crippen LogP contribution in [0.25, 0.3) is 32.9 Å². The molecular weight excluding hydrogens is 755 g/mol. The van der Waals surface area contributed by atoms with Crippen LogP contribution in [-0.2, 0) is 40.5 Å². The molecule has 0 radical (unpaired) electrons. The summed E-state index contributed by atoms with van der Waals surface area (Å²) in [6.07, 6.45) is 9.21. The number of ether oxygens (including phenoxy) is 3. The Labute approximate surface area is 341 Å². The third kappa shape index (κ3) is 6.96. The van der Waals surface area contributed by atoms with Crippen molar-refractivity contribution in [2.75, 3.05) is 52.5 Å². The molecule has 1 spiro atoms. The predicted molar refractivity (Wildman–Crippen MR) is 213 cm³/mol. The number of fused-ring (bicyclic) bond motifs is 4. The summed E-state index contributed by atoms with van der Waals surface area (Å²) in [7, 11) is 2.07. The van der Waals surface area contributed by atoms with E-state index in [0.29, 0.717) is 58.1 Å². The quantitative estimate of drug-likeness (QED) is 0.165. The van der Waals surface area contributed by atoms with Gasteiger partial charge in [-0.2, -0.15) is 0 Å². The number of carbonyl (C=O) groups is 5. The molecule has 6 fully saturated rings. The minimum Gasteiger partial charge on any atom is -0.471 e. The van der Waals surface area contributed by atoms with Crippen LogP contribution < -0.4 is 10.1 Å². The number of likely N-dealkylation sites (tertiary alicyclic amines) is 3. The van der Waals surface area contributed by atoms with Crippen LogP contribution in [-0.4, -0.2) is 130 Å². The van der Waals surface area contributed by atoms with Crippen molar-refractivity contribution in [2.45, 2.75) is 63.2 Å². The number of amides is 5. The number of rotatable bonds is 12. The number of nitrogens with one attached hydrogen (secondary N) is 1. The Bertz CT molecular complexity index is 2330. The molecule has 2 saturated carbocycles. The normalized spacial score (nSPS) is 25.9. The zero-order valence-corrected chi connectivity index (χ0v) is 33.2. The third-order valence-corrected chi connectivity index (χ3v) is 13.7. The van der Waals surface area contributed by atoms with Gasteiger partial charge in [-0.05, 0) is 67.7 Å². The van der Waals surface area contributed by atoms with E-state index in [1.165, 1.54) is 5.39 Å². The highest BCUT2D eigenvalue weighted by Crippen LogP contribution is 2.52. The van der Waals surface area contributed by atoms with E-state index >= 15 is 0 Å². The maximum atomic E-state index is 13.2. The smallest absolute Gasteiger partial charge is 0.249 e. The van der Waals surface area contributed by atoms with Gasteiger partial charge in [-0.3, -0.25) is 44.1 Å². The molecule has 4 aliphatic heterocycles. The molecule has 2 aliphatic carbocycles. The van der Waals surface area contributed by atoms with E-state index in [0.717, 1.165) is 64.9 Å². The van der Waals surface area contributed by atoms with Crippen LogP contribution in [0.1, 0.15) is 44.9 Å². The first-order valence-electron chi connectivity index (χ1n) is 21.0. The molecule has 15 heteroatoms. The molecule has 7 heterocycles. The molecule has 1 N–H and O–H groups in total. The number of imide groups is 2. The van der Waals surface area contributed by atoms with E-state index in [9.17, 15) is 24.0 Å². The number of aromatic nitrogens is 3. The summed E-state index contributed by atoms with van der Waals surface area (Å²) in [5, 5.41) is 4.57. The first kappa shape index (κ1) is 38.0. The maximum absolute atomic E-state index is 13.2. The molecule has 4 atom stereocenters. The molecular formula is C44H49N7O8. The topological polar surface area (TPSA) is 166 Å². The lowest BCUT2D eigenvalue weighted by atomic mass is 9.57. The van der Waals surface area contributed by atoms with Gasteiger partial charge in [0.2, 0.25) is 35.4 Å². The summed E-state index contributed by atoms with van der Waals surface area (Å²) in [4.78, 5) is 77.6. The fourth-order valence-electron chi connectivity index (χ4n) is 10.6. The van der Waals surface area contributed by atoms with Crippen molar-refractivity contribution in [3.05, 3.63) is 55.0 Å². The molecule has 1 aromatic carbocycles. The Morgan fingerprint density at radius 1 is 0.864 bits per heavy atom. The van der Waals surface area contributed by atoms with Gasteiger partial charge in [0, 0.05) is 85.5 Å². The lowest BCUT2D eigenvalue weighted by Crippen LogP contribution is -2.66. The van der Waals surface area contributed by atoms with Gasteiger partial charge in [0.15, 0.2) is 0 Å². The van der Waals surface area contributed by atoms with E-state index in [4.69, 9.17) is 14.2 Å². The summed E-state index contributed by atoms with van der Waals surface area (Å²) in [5.41, 5.74) is 4.65. The Kier molecular flexibility index (Phi) is 9.72. The van der Waals surface area contributed by atoms with E-state index in [1.54, 1.807) is 0 Å². The lowest BCUT2D eigenvalue weighted by molar-refractivity contribution is -0.163. The number of aryl methyl sites for hydroxylation is 1. The second-order valence-corrected chi connectivity index (χ2v) is 17.5. The largest absolute Gasteiger partial charge is 0.471 e. The Balaban J connectivity index is 0.594. The number of benzene rings is 1. The average molecular weight is 804 g/mol. The fraction of sp³-hybridized carbons (Fsp3) is 0.523. The zero-order chi connectivity index (χ0) is 40.4. The summed E-state index contributed by atoms with van der Waals surface area (Å²) >= 11 is 0. The molecule has 308 valence electrons. The number of pyridine rings is 2. The minimum atomic E-state index is -0.904. The van der Waals surface area contributed by atoms with Crippen LogP contribution in [0.4, 0.5) is 0 Å². The second kappa shape index (κ2) is 15.1. The van der Waals surface area contributed by atoms with Crippen LogP contribution in [0.2, 0.25) is 0 Å². The van der Waals surface area contributed by atoms with E-state index in [-0.39, 0.29) is 60.0 Å². The van der Waals surface area contributed by atoms with E-state index in [2.05, 4.69) is 50.0 Å². The first-order chi connectivity index (χ1) is 28.6. The summed E-state index contributed by atoms with van der Waals surface area (Å²) < 4.78 is 20.2. The van der Waals surface area contributed by atoms with Crippen molar-refractivity contribution in [1.82, 2.24) is 34.6 Å². The molecule has 4 aromatic rings. The number of carbonyl (C=O) groups excluding carboxylic acids is 5. The maximum Gasteiger partial charge on any atom is 0.249 e. The Hall–Kier alpha value is -5.25. The van der Waals surface area contributed by atoms with Crippen LogP contribution in [0.15, 0.2) is 55.0 Å². The fourth-order valence-corrected chi connectivity index (χ4v) is 10.6. The van der Waals surface area contributed by atoms with Gasteiger partial charge >= 0.3 is 0 Å².